The molecule has 0 aliphatic carbocycles. The molecule has 0 saturated carbocycles. The summed E-state index contributed by atoms with van der Waals surface area (Å²) < 4.78 is 2.34. The number of aromatic nitrogens is 2. The predicted molar refractivity (Wildman–Crippen MR) is 73.0 cm³/mol. The lowest BCUT2D eigenvalue weighted by Gasteiger charge is -2.19. The highest BCUT2D eigenvalue weighted by Gasteiger charge is 2.11. The molecule has 1 heterocycles. The molecule has 17 heavy (non-hydrogen) atoms. The predicted octanol–water partition coefficient (Wildman–Crippen LogP) is 3.38. The van der Waals surface area contributed by atoms with Crippen LogP contribution in [0, 0.1) is 5.92 Å². The molecule has 0 amide bonds. The quantitative estimate of drug-likeness (QED) is 0.751. The van der Waals surface area contributed by atoms with Crippen LogP contribution < -0.4 is 5.32 Å². The van der Waals surface area contributed by atoms with Crippen molar-refractivity contribution < 1.29 is 0 Å². The zero-order chi connectivity index (χ0) is 12.7. The molecule has 1 unspecified atom stereocenters. The number of nitrogens with zero attached hydrogens (tertiary/aromatic N) is 2. The normalized spacial score (nSPS) is 13.2. The first-order valence-corrected chi connectivity index (χ1v) is 6.90. The van der Waals surface area contributed by atoms with E-state index < -0.39 is 0 Å². The van der Waals surface area contributed by atoms with Crippen LogP contribution in [0.25, 0.3) is 0 Å². The maximum atomic E-state index is 4.29. The van der Waals surface area contributed by atoms with Gasteiger partial charge in [-0.1, -0.05) is 34.1 Å². The molecule has 1 aromatic heterocycles. The average molecular weight is 237 g/mol. The molecule has 3 nitrogen and oxygen atoms in total. The average Bonchev–Trinajstić information content (AvgIpc) is 2.73. The van der Waals surface area contributed by atoms with Gasteiger partial charge < -0.3 is 9.88 Å². The summed E-state index contributed by atoms with van der Waals surface area (Å²) in [5.41, 5.74) is 1.31. The van der Waals surface area contributed by atoms with Gasteiger partial charge in [0.15, 0.2) is 0 Å². The molecule has 1 aromatic rings. The summed E-state index contributed by atoms with van der Waals surface area (Å²) in [6, 6.07) is 0.610. The van der Waals surface area contributed by atoms with Crippen molar-refractivity contribution >= 4 is 0 Å². The minimum Gasteiger partial charge on any atom is -0.330 e. The van der Waals surface area contributed by atoms with Crippen LogP contribution in [0.5, 0.6) is 0 Å². The lowest BCUT2D eigenvalue weighted by atomic mass is 10.1. The first-order chi connectivity index (χ1) is 8.19. The van der Waals surface area contributed by atoms with Crippen molar-refractivity contribution in [3.05, 3.63) is 18.2 Å². The molecule has 0 aliphatic rings. The highest BCUT2D eigenvalue weighted by Crippen LogP contribution is 2.19. The highest BCUT2D eigenvalue weighted by atomic mass is 15.1. The monoisotopic (exact) mass is 237 g/mol. The third-order valence-corrected chi connectivity index (χ3v) is 3.09. The maximum Gasteiger partial charge on any atom is 0.0951 e. The van der Waals surface area contributed by atoms with Gasteiger partial charge in [0.2, 0.25) is 0 Å². The van der Waals surface area contributed by atoms with Gasteiger partial charge in [-0.05, 0) is 25.3 Å². The molecule has 1 rings (SSSR count). The van der Waals surface area contributed by atoms with Crippen molar-refractivity contribution in [1.29, 1.82) is 0 Å². The van der Waals surface area contributed by atoms with E-state index in [4.69, 9.17) is 0 Å². The van der Waals surface area contributed by atoms with Crippen LogP contribution >= 0.6 is 0 Å². The van der Waals surface area contributed by atoms with Crippen LogP contribution in [0.2, 0.25) is 0 Å². The van der Waals surface area contributed by atoms with Crippen LogP contribution in [0.15, 0.2) is 12.5 Å². The second-order valence-electron chi connectivity index (χ2n) is 5.17. The van der Waals surface area contributed by atoms with Crippen molar-refractivity contribution in [3.63, 3.8) is 0 Å². The van der Waals surface area contributed by atoms with E-state index in [1.807, 2.05) is 12.5 Å². The SMILES string of the molecule is CCCC(CC)n1cncc1CNCC(C)C. The minimum absolute atomic E-state index is 0.610. The maximum absolute atomic E-state index is 4.29. The Bertz CT molecular complexity index is 304. The Hall–Kier alpha value is -0.830. The summed E-state index contributed by atoms with van der Waals surface area (Å²) in [5.74, 6) is 0.698. The van der Waals surface area contributed by atoms with Crippen molar-refractivity contribution in [1.82, 2.24) is 14.9 Å². The molecule has 0 bridgehead atoms. The van der Waals surface area contributed by atoms with Crippen molar-refractivity contribution in [2.75, 3.05) is 6.54 Å². The van der Waals surface area contributed by atoms with Gasteiger partial charge in [0, 0.05) is 18.8 Å². The van der Waals surface area contributed by atoms with E-state index in [0.717, 1.165) is 13.1 Å². The van der Waals surface area contributed by atoms with Crippen molar-refractivity contribution in [2.45, 2.75) is 59.5 Å². The van der Waals surface area contributed by atoms with E-state index >= 15 is 0 Å². The van der Waals surface area contributed by atoms with Gasteiger partial charge in [-0.3, -0.25) is 0 Å². The Kier molecular flexibility index (Phi) is 6.27. The topological polar surface area (TPSA) is 29.9 Å². The molecule has 0 saturated heterocycles. The molecular weight excluding hydrogens is 210 g/mol. The van der Waals surface area contributed by atoms with Crippen LogP contribution in [-0.2, 0) is 6.54 Å². The fourth-order valence-corrected chi connectivity index (χ4v) is 2.16. The van der Waals surface area contributed by atoms with Crippen LogP contribution in [-0.4, -0.2) is 16.1 Å². The molecule has 0 fully saturated rings. The van der Waals surface area contributed by atoms with E-state index in [0.29, 0.717) is 12.0 Å². The lowest BCUT2D eigenvalue weighted by molar-refractivity contribution is 0.427. The van der Waals surface area contributed by atoms with Gasteiger partial charge in [0.25, 0.3) is 0 Å². The first kappa shape index (κ1) is 14.2. The van der Waals surface area contributed by atoms with Gasteiger partial charge in [-0.2, -0.15) is 0 Å². The number of nitrogens with one attached hydrogen (secondary N) is 1. The van der Waals surface area contributed by atoms with Crippen molar-refractivity contribution in [2.24, 2.45) is 5.92 Å². The van der Waals surface area contributed by atoms with E-state index in [-0.39, 0.29) is 0 Å². The van der Waals surface area contributed by atoms with E-state index in [2.05, 4.69) is 42.6 Å². The summed E-state index contributed by atoms with van der Waals surface area (Å²) in [6.45, 7) is 11.0. The summed E-state index contributed by atoms with van der Waals surface area (Å²) in [6.07, 6.45) is 7.63. The molecule has 0 aliphatic heterocycles. The Labute approximate surface area is 106 Å². The number of imidazole rings is 1. The Morgan fingerprint density at radius 1 is 1.35 bits per heavy atom. The summed E-state index contributed by atoms with van der Waals surface area (Å²) in [4.78, 5) is 4.29. The third-order valence-electron chi connectivity index (χ3n) is 3.09. The summed E-state index contributed by atoms with van der Waals surface area (Å²) in [5, 5.41) is 3.49. The number of hydrogen-bond donors (Lipinski definition) is 1. The second-order valence-corrected chi connectivity index (χ2v) is 5.17. The molecule has 0 aromatic carbocycles. The largest absolute Gasteiger partial charge is 0.330 e. The molecule has 1 N–H and O–H groups in total. The standard InChI is InChI=1S/C14H27N3/c1-5-7-13(6-2)17-11-16-10-14(17)9-15-8-12(3)4/h10-13,15H,5-9H2,1-4H3. The van der Waals surface area contributed by atoms with Gasteiger partial charge in [-0.25, -0.2) is 4.98 Å². The van der Waals surface area contributed by atoms with Gasteiger partial charge >= 0.3 is 0 Å². The Morgan fingerprint density at radius 2 is 2.12 bits per heavy atom. The minimum atomic E-state index is 0.610. The second kappa shape index (κ2) is 7.49. The van der Waals surface area contributed by atoms with Gasteiger partial charge in [0.1, 0.15) is 0 Å². The van der Waals surface area contributed by atoms with Gasteiger partial charge in [-0.15, -0.1) is 0 Å². The lowest BCUT2D eigenvalue weighted by Crippen LogP contribution is -2.22. The molecular formula is C14H27N3. The molecule has 3 heteroatoms. The fourth-order valence-electron chi connectivity index (χ4n) is 2.16. The Balaban J connectivity index is 2.57. The van der Waals surface area contributed by atoms with E-state index in [1.165, 1.54) is 25.0 Å². The van der Waals surface area contributed by atoms with Crippen molar-refractivity contribution in [3.8, 4) is 0 Å². The highest BCUT2D eigenvalue weighted by molar-refractivity contribution is 5.00. The summed E-state index contributed by atoms with van der Waals surface area (Å²) in [7, 11) is 0. The fraction of sp³-hybridized carbons (Fsp3) is 0.786. The third kappa shape index (κ3) is 4.50. The van der Waals surface area contributed by atoms with Gasteiger partial charge in [0.05, 0.1) is 12.0 Å². The number of rotatable bonds is 8. The number of hydrogen-bond acceptors (Lipinski definition) is 2. The van der Waals surface area contributed by atoms with E-state index in [1.54, 1.807) is 0 Å². The zero-order valence-electron chi connectivity index (χ0n) is 11.7. The molecule has 0 spiro atoms. The zero-order valence-corrected chi connectivity index (χ0v) is 11.7. The molecule has 1 atom stereocenters. The van der Waals surface area contributed by atoms with Crippen LogP contribution in [0.3, 0.4) is 0 Å². The first-order valence-electron chi connectivity index (χ1n) is 6.90. The molecule has 0 radical (unpaired) electrons. The smallest absolute Gasteiger partial charge is 0.0951 e. The summed E-state index contributed by atoms with van der Waals surface area (Å²) >= 11 is 0. The molecule has 98 valence electrons. The Morgan fingerprint density at radius 3 is 2.71 bits per heavy atom. The van der Waals surface area contributed by atoms with Crippen LogP contribution in [0.1, 0.15) is 58.7 Å². The van der Waals surface area contributed by atoms with E-state index in [9.17, 15) is 0 Å². The van der Waals surface area contributed by atoms with Crippen LogP contribution in [0.4, 0.5) is 0 Å².